The molecule has 1 saturated heterocycles. The molecule has 0 bridgehead atoms. The molecule has 0 atom stereocenters. The van der Waals surface area contributed by atoms with Crippen molar-refractivity contribution in [1.82, 2.24) is 14.9 Å². The Morgan fingerprint density at radius 3 is 2.42 bits per heavy atom. The molecule has 3 aromatic rings. The van der Waals surface area contributed by atoms with Crippen LogP contribution in [-0.2, 0) is 16.1 Å². The van der Waals surface area contributed by atoms with E-state index in [2.05, 4.69) is 33.7 Å². The lowest BCUT2D eigenvalue weighted by Gasteiger charge is -2.25. The molecule has 1 fully saturated rings. The van der Waals surface area contributed by atoms with Crippen LogP contribution in [-0.4, -0.2) is 71.6 Å². The number of halogens is 3. The predicted octanol–water partition coefficient (Wildman–Crippen LogP) is 4.20. The second-order valence-corrected chi connectivity index (χ2v) is 8.94. The van der Waals surface area contributed by atoms with Crippen molar-refractivity contribution in [2.24, 2.45) is 5.92 Å². The van der Waals surface area contributed by atoms with Gasteiger partial charge in [-0.05, 0) is 75.3 Å². The van der Waals surface area contributed by atoms with E-state index >= 15 is 0 Å². The van der Waals surface area contributed by atoms with Crippen LogP contribution in [0, 0.1) is 18.7 Å². The Bertz CT molecular complexity index is 1060. The largest absolute Gasteiger partial charge is 0.483 e. The molecule has 36 heavy (non-hydrogen) atoms. The number of anilines is 1. The number of hydrogen-bond donors (Lipinski definition) is 2. The molecule has 8 nitrogen and oxygen atoms in total. The third-order valence-corrected chi connectivity index (χ3v) is 6.31. The second kappa shape index (κ2) is 16.6. The average molecular weight is 529 g/mol. The highest BCUT2D eigenvalue weighted by Gasteiger charge is 2.14. The molecule has 0 saturated carbocycles. The lowest BCUT2D eigenvalue weighted by Crippen LogP contribution is -2.30. The quantitative estimate of drug-likeness (QED) is 0.485. The third-order valence-electron chi connectivity index (χ3n) is 5.18. The third kappa shape index (κ3) is 11.6. The molecule has 1 aromatic carbocycles. The van der Waals surface area contributed by atoms with E-state index in [9.17, 15) is 18.0 Å². The smallest absolute Gasteiger partial charge is 0.342 e. The van der Waals surface area contributed by atoms with E-state index in [0.717, 1.165) is 54.1 Å². The second-order valence-electron chi connectivity index (χ2n) is 7.93. The lowest BCUT2D eigenvalue weighted by molar-refractivity contribution is -0.122. The predicted molar refractivity (Wildman–Crippen MR) is 134 cm³/mol. The minimum atomic E-state index is -3.17. The van der Waals surface area contributed by atoms with Gasteiger partial charge in [0.25, 0.3) is 6.47 Å². The standard InChI is InChI=1S/C15H14FN3S.C7H13NO.CH2F2O.CH2O2/c1-10-5-6-17-8-11(10)9-19(2)15-18-13-4-3-12(16)7-14(13)20-15;1-8-4-2-7(6-9)3-5-8;2-1(3)4;2-1-3/h3-8H,9H2,1-2H3;6-7H,2-5H2,1H3;1,4H;1H,(H,2,3). The van der Waals surface area contributed by atoms with Crippen molar-refractivity contribution >= 4 is 39.4 Å². The molecule has 12 heteroatoms. The topological polar surface area (TPSA) is 107 Å². The van der Waals surface area contributed by atoms with E-state index in [0.29, 0.717) is 5.92 Å². The zero-order chi connectivity index (χ0) is 27.1. The van der Waals surface area contributed by atoms with Gasteiger partial charge in [-0.3, -0.25) is 9.78 Å². The van der Waals surface area contributed by atoms with Gasteiger partial charge in [0.2, 0.25) is 0 Å². The van der Waals surface area contributed by atoms with Gasteiger partial charge in [0.05, 0.1) is 10.2 Å². The molecule has 4 rings (SSSR count). The molecular formula is C24H31F3N4O4S. The number of carboxylic acid groups (broad SMARTS) is 1. The van der Waals surface area contributed by atoms with Gasteiger partial charge in [-0.25, -0.2) is 9.37 Å². The maximum absolute atomic E-state index is 13.2. The number of hydrogen-bond acceptors (Lipinski definition) is 8. The number of aliphatic hydroxyl groups excluding tert-OH is 1. The first-order valence-electron chi connectivity index (χ1n) is 11.0. The number of likely N-dealkylation sites (tertiary alicyclic amines) is 1. The lowest BCUT2D eigenvalue weighted by atomic mass is 9.99. The highest BCUT2D eigenvalue weighted by molar-refractivity contribution is 7.22. The molecule has 1 aliphatic heterocycles. The van der Waals surface area contributed by atoms with Crippen molar-refractivity contribution in [3.05, 3.63) is 53.6 Å². The summed E-state index contributed by atoms with van der Waals surface area (Å²) in [6.45, 7) is 1.56. The summed E-state index contributed by atoms with van der Waals surface area (Å²) in [6, 6.07) is 6.68. The van der Waals surface area contributed by atoms with Crippen LogP contribution in [0.1, 0.15) is 24.0 Å². The number of alkyl halides is 2. The van der Waals surface area contributed by atoms with Gasteiger partial charge < -0.3 is 24.8 Å². The van der Waals surface area contributed by atoms with E-state index in [1.165, 1.54) is 34.6 Å². The summed E-state index contributed by atoms with van der Waals surface area (Å²) < 4.78 is 33.9. The van der Waals surface area contributed by atoms with E-state index in [4.69, 9.17) is 15.0 Å². The maximum Gasteiger partial charge on any atom is 0.342 e. The van der Waals surface area contributed by atoms with Crippen molar-refractivity contribution in [2.75, 3.05) is 32.1 Å². The van der Waals surface area contributed by atoms with Crippen LogP contribution in [0.5, 0.6) is 0 Å². The number of rotatable bonds is 4. The number of benzene rings is 1. The fourth-order valence-corrected chi connectivity index (χ4v) is 4.15. The fourth-order valence-electron chi connectivity index (χ4n) is 3.20. The van der Waals surface area contributed by atoms with Gasteiger partial charge in [-0.1, -0.05) is 11.3 Å². The summed E-state index contributed by atoms with van der Waals surface area (Å²) in [4.78, 5) is 31.6. The average Bonchev–Trinajstić information content (AvgIpc) is 3.25. The van der Waals surface area contributed by atoms with Crippen LogP contribution >= 0.6 is 11.3 Å². The number of aromatic nitrogens is 2. The molecule has 0 unspecified atom stereocenters. The SMILES string of the molecule is CN1CCC(C=O)CC1.Cc1ccncc1CN(C)c1nc2ccc(F)cc2s1.O=CO.OC(F)F. The molecule has 198 valence electrons. The van der Waals surface area contributed by atoms with Gasteiger partial charge >= 0.3 is 6.61 Å². The zero-order valence-corrected chi connectivity index (χ0v) is 21.2. The number of nitrogens with zero attached hydrogens (tertiary/aromatic N) is 4. The Hall–Kier alpha value is -3.09. The highest BCUT2D eigenvalue weighted by Crippen LogP contribution is 2.29. The van der Waals surface area contributed by atoms with Crippen LogP contribution in [0.3, 0.4) is 0 Å². The number of fused-ring (bicyclic) bond motifs is 1. The number of carbonyl (C=O) groups excluding carboxylic acids is 1. The summed E-state index contributed by atoms with van der Waals surface area (Å²) in [5.74, 6) is 0.125. The Morgan fingerprint density at radius 2 is 1.86 bits per heavy atom. The molecule has 3 heterocycles. The number of aliphatic hydroxyl groups is 1. The minimum absolute atomic E-state index is 0.224. The first kappa shape index (κ1) is 30.9. The summed E-state index contributed by atoms with van der Waals surface area (Å²) in [6.07, 6.45) is 6.87. The molecule has 0 aliphatic carbocycles. The molecular weight excluding hydrogens is 497 g/mol. The number of aryl methyl sites for hydroxylation is 1. The van der Waals surface area contributed by atoms with Crippen LogP contribution in [0.4, 0.5) is 18.3 Å². The van der Waals surface area contributed by atoms with Gasteiger partial charge in [0.15, 0.2) is 5.13 Å². The number of pyridine rings is 1. The van der Waals surface area contributed by atoms with E-state index in [-0.39, 0.29) is 12.3 Å². The van der Waals surface area contributed by atoms with Crippen LogP contribution < -0.4 is 4.90 Å². The van der Waals surface area contributed by atoms with E-state index in [1.54, 1.807) is 12.3 Å². The van der Waals surface area contributed by atoms with E-state index in [1.807, 2.05) is 19.3 Å². The van der Waals surface area contributed by atoms with Crippen LogP contribution in [0.2, 0.25) is 0 Å². The first-order chi connectivity index (χ1) is 17.1. The van der Waals surface area contributed by atoms with E-state index < -0.39 is 6.61 Å². The highest BCUT2D eigenvalue weighted by atomic mass is 32.1. The van der Waals surface area contributed by atoms with Crippen molar-refractivity contribution in [2.45, 2.75) is 32.9 Å². The summed E-state index contributed by atoms with van der Waals surface area (Å²) in [5, 5.41) is 14.5. The number of piperidine rings is 1. The zero-order valence-electron chi connectivity index (χ0n) is 20.4. The Balaban J connectivity index is 0.000000335. The fraction of sp³-hybridized carbons (Fsp3) is 0.417. The van der Waals surface area contributed by atoms with Crippen molar-refractivity contribution in [3.63, 3.8) is 0 Å². The Labute approximate surface area is 212 Å². The van der Waals surface area contributed by atoms with Gasteiger partial charge in [0.1, 0.15) is 12.1 Å². The van der Waals surface area contributed by atoms with Crippen LogP contribution in [0.15, 0.2) is 36.7 Å². The monoisotopic (exact) mass is 528 g/mol. The summed E-state index contributed by atoms with van der Waals surface area (Å²) in [5.41, 5.74) is 3.21. The van der Waals surface area contributed by atoms with Gasteiger partial charge in [-0.15, -0.1) is 0 Å². The van der Waals surface area contributed by atoms with Gasteiger partial charge in [0, 0.05) is 31.9 Å². The molecule has 0 amide bonds. The molecule has 2 N–H and O–H groups in total. The summed E-state index contributed by atoms with van der Waals surface area (Å²) in [7, 11) is 4.08. The number of thiazole rings is 1. The normalized spacial score (nSPS) is 13.4. The maximum atomic E-state index is 13.2. The van der Waals surface area contributed by atoms with Crippen LogP contribution in [0.25, 0.3) is 10.2 Å². The Morgan fingerprint density at radius 1 is 1.25 bits per heavy atom. The first-order valence-corrected chi connectivity index (χ1v) is 11.8. The number of carbonyl (C=O) groups is 2. The van der Waals surface area contributed by atoms with Gasteiger partial charge in [-0.2, -0.15) is 8.78 Å². The molecule has 1 aliphatic rings. The Kier molecular flexibility index (Phi) is 14.2. The minimum Gasteiger partial charge on any atom is -0.483 e. The molecule has 0 spiro atoms. The molecule has 0 radical (unpaired) electrons. The summed E-state index contributed by atoms with van der Waals surface area (Å²) >= 11 is 1.50. The van der Waals surface area contributed by atoms with Crippen molar-refractivity contribution in [3.8, 4) is 0 Å². The number of aldehydes is 1. The molecule has 2 aromatic heterocycles. The van der Waals surface area contributed by atoms with Crippen molar-refractivity contribution in [1.29, 1.82) is 0 Å². The van der Waals surface area contributed by atoms with Crippen molar-refractivity contribution < 1.29 is 33.0 Å².